The van der Waals surface area contributed by atoms with Crippen LogP contribution in [0.15, 0.2) is 35.1 Å². The molecule has 1 N–H and O–H groups in total. The second kappa shape index (κ2) is 5.35. The minimum absolute atomic E-state index is 0.249. The number of hydrogen-bond acceptors (Lipinski definition) is 2. The SMILES string of the molecule is CCCn1ccnc1-c1ccc(Br)c(C(=O)O)c1. The van der Waals surface area contributed by atoms with Crippen LogP contribution in [0.2, 0.25) is 0 Å². The highest BCUT2D eigenvalue weighted by Crippen LogP contribution is 2.24. The first kappa shape index (κ1) is 12.8. The van der Waals surface area contributed by atoms with Crippen molar-refractivity contribution in [1.29, 1.82) is 0 Å². The highest BCUT2D eigenvalue weighted by Gasteiger charge is 2.12. The molecule has 94 valence electrons. The molecule has 0 saturated heterocycles. The van der Waals surface area contributed by atoms with Crippen molar-refractivity contribution in [2.75, 3.05) is 0 Å². The van der Waals surface area contributed by atoms with E-state index in [4.69, 9.17) is 5.11 Å². The number of carboxylic acids is 1. The van der Waals surface area contributed by atoms with Gasteiger partial charge in [-0.05, 0) is 34.5 Å². The third-order valence-electron chi connectivity index (χ3n) is 2.63. The Morgan fingerprint density at radius 2 is 2.28 bits per heavy atom. The van der Waals surface area contributed by atoms with Gasteiger partial charge in [0.2, 0.25) is 0 Å². The van der Waals surface area contributed by atoms with Gasteiger partial charge in [-0.25, -0.2) is 9.78 Å². The van der Waals surface area contributed by atoms with E-state index < -0.39 is 5.97 Å². The Morgan fingerprint density at radius 3 is 2.94 bits per heavy atom. The standard InChI is InChI=1S/C13H13BrN2O2/c1-2-6-16-7-5-15-12(16)9-3-4-11(14)10(8-9)13(17)18/h3-5,7-8H,2,6H2,1H3,(H,17,18). The van der Waals surface area contributed by atoms with Gasteiger partial charge in [0.15, 0.2) is 0 Å². The number of halogens is 1. The fourth-order valence-electron chi connectivity index (χ4n) is 1.82. The number of aryl methyl sites for hydroxylation is 1. The van der Waals surface area contributed by atoms with Crippen LogP contribution in [-0.2, 0) is 6.54 Å². The summed E-state index contributed by atoms with van der Waals surface area (Å²) in [5, 5.41) is 9.10. The van der Waals surface area contributed by atoms with Gasteiger partial charge in [0, 0.05) is 29.0 Å². The van der Waals surface area contributed by atoms with Gasteiger partial charge >= 0.3 is 5.97 Å². The van der Waals surface area contributed by atoms with Gasteiger partial charge in [-0.1, -0.05) is 13.0 Å². The molecule has 0 amide bonds. The third-order valence-corrected chi connectivity index (χ3v) is 3.33. The molecule has 0 aliphatic heterocycles. The number of carboxylic acid groups (broad SMARTS) is 1. The third kappa shape index (κ3) is 2.46. The van der Waals surface area contributed by atoms with Crippen molar-refractivity contribution in [3.63, 3.8) is 0 Å². The first-order chi connectivity index (χ1) is 8.63. The molecule has 5 heteroatoms. The summed E-state index contributed by atoms with van der Waals surface area (Å²) in [6.45, 7) is 2.96. The number of aromatic nitrogens is 2. The van der Waals surface area contributed by atoms with Crippen LogP contribution in [0.5, 0.6) is 0 Å². The lowest BCUT2D eigenvalue weighted by molar-refractivity contribution is 0.0696. The van der Waals surface area contributed by atoms with Crippen LogP contribution in [0.3, 0.4) is 0 Å². The number of imidazole rings is 1. The maximum atomic E-state index is 11.1. The van der Waals surface area contributed by atoms with Crippen LogP contribution in [0.4, 0.5) is 0 Å². The Balaban J connectivity index is 2.47. The van der Waals surface area contributed by atoms with Crippen molar-refractivity contribution >= 4 is 21.9 Å². The van der Waals surface area contributed by atoms with E-state index in [2.05, 4.69) is 27.8 Å². The predicted molar refractivity (Wildman–Crippen MR) is 72.6 cm³/mol. The monoisotopic (exact) mass is 308 g/mol. The van der Waals surface area contributed by atoms with E-state index in [1.807, 2.05) is 16.8 Å². The Bertz CT molecular complexity index is 578. The average molecular weight is 309 g/mol. The summed E-state index contributed by atoms with van der Waals surface area (Å²) < 4.78 is 2.60. The molecule has 0 fully saturated rings. The van der Waals surface area contributed by atoms with Crippen LogP contribution in [0.25, 0.3) is 11.4 Å². The van der Waals surface area contributed by atoms with E-state index in [-0.39, 0.29) is 5.56 Å². The Hall–Kier alpha value is -1.62. The van der Waals surface area contributed by atoms with E-state index in [1.54, 1.807) is 18.3 Å². The van der Waals surface area contributed by atoms with Crippen LogP contribution >= 0.6 is 15.9 Å². The molecule has 0 bridgehead atoms. The topological polar surface area (TPSA) is 55.1 Å². The molecule has 18 heavy (non-hydrogen) atoms. The van der Waals surface area contributed by atoms with Crippen LogP contribution in [-0.4, -0.2) is 20.6 Å². The number of aromatic carboxylic acids is 1. The molecular weight excluding hydrogens is 296 g/mol. The van der Waals surface area contributed by atoms with Crippen molar-refractivity contribution in [3.8, 4) is 11.4 Å². The lowest BCUT2D eigenvalue weighted by Gasteiger charge is -2.07. The van der Waals surface area contributed by atoms with Gasteiger partial charge in [-0.3, -0.25) is 0 Å². The van der Waals surface area contributed by atoms with E-state index in [0.717, 1.165) is 24.4 Å². The molecule has 1 aromatic carbocycles. The van der Waals surface area contributed by atoms with Crippen molar-refractivity contribution in [2.24, 2.45) is 0 Å². The second-order valence-electron chi connectivity index (χ2n) is 3.94. The molecule has 0 atom stereocenters. The van der Waals surface area contributed by atoms with Crippen molar-refractivity contribution < 1.29 is 9.90 Å². The zero-order chi connectivity index (χ0) is 13.1. The Kier molecular flexibility index (Phi) is 3.81. The van der Waals surface area contributed by atoms with Crippen LogP contribution in [0.1, 0.15) is 23.7 Å². The summed E-state index contributed by atoms with van der Waals surface area (Å²) in [5.41, 5.74) is 1.06. The molecule has 1 aromatic heterocycles. The molecule has 0 saturated carbocycles. The maximum absolute atomic E-state index is 11.1. The zero-order valence-corrected chi connectivity index (χ0v) is 11.5. The average Bonchev–Trinajstić information content (AvgIpc) is 2.78. The number of nitrogens with zero attached hydrogens (tertiary/aromatic N) is 2. The van der Waals surface area contributed by atoms with Crippen molar-refractivity contribution in [3.05, 3.63) is 40.6 Å². The largest absolute Gasteiger partial charge is 0.478 e. The fraction of sp³-hybridized carbons (Fsp3) is 0.231. The highest BCUT2D eigenvalue weighted by atomic mass is 79.9. The van der Waals surface area contributed by atoms with Gasteiger partial charge in [0.25, 0.3) is 0 Å². The summed E-state index contributed by atoms with van der Waals surface area (Å²) in [6, 6.07) is 5.25. The second-order valence-corrected chi connectivity index (χ2v) is 4.80. The van der Waals surface area contributed by atoms with Crippen molar-refractivity contribution in [1.82, 2.24) is 9.55 Å². The number of hydrogen-bond donors (Lipinski definition) is 1. The number of rotatable bonds is 4. The van der Waals surface area contributed by atoms with Gasteiger partial charge in [0.05, 0.1) is 5.56 Å². The number of carbonyl (C=O) groups is 1. The zero-order valence-electron chi connectivity index (χ0n) is 9.93. The first-order valence-corrected chi connectivity index (χ1v) is 6.47. The minimum Gasteiger partial charge on any atom is -0.478 e. The van der Waals surface area contributed by atoms with Crippen molar-refractivity contribution in [2.45, 2.75) is 19.9 Å². The predicted octanol–water partition coefficient (Wildman–Crippen LogP) is 3.42. The first-order valence-electron chi connectivity index (χ1n) is 5.68. The van der Waals surface area contributed by atoms with E-state index >= 15 is 0 Å². The summed E-state index contributed by atoms with van der Waals surface area (Å²) in [4.78, 5) is 15.4. The molecule has 2 rings (SSSR count). The molecule has 0 unspecified atom stereocenters. The van der Waals surface area contributed by atoms with Crippen LogP contribution in [0, 0.1) is 0 Å². The number of benzene rings is 1. The summed E-state index contributed by atoms with van der Waals surface area (Å²) in [5.74, 6) is -0.149. The molecule has 0 spiro atoms. The minimum atomic E-state index is -0.947. The Morgan fingerprint density at radius 1 is 1.50 bits per heavy atom. The molecular formula is C13H13BrN2O2. The normalized spacial score (nSPS) is 10.6. The van der Waals surface area contributed by atoms with E-state index in [0.29, 0.717) is 4.47 Å². The lowest BCUT2D eigenvalue weighted by atomic mass is 10.1. The molecule has 4 nitrogen and oxygen atoms in total. The fourth-order valence-corrected chi connectivity index (χ4v) is 2.24. The summed E-state index contributed by atoms with van der Waals surface area (Å²) >= 11 is 3.24. The van der Waals surface area contributed by atoms with E-state index in [1.165, 1.54) is 0 Å². The molecule has 1 heterocycles. The summed E-state index contributed by atoms with van der Waals surface area (Å²) in [7, 11) is 0. The molecule has 0 radical (unpaired) electrons. The summed E-state index contributed by atoms with van der Waals surface area (Å²) in [6.07, 6.45) is 4.64. The molecule has 0 aliphatic rings. The Labute approximate surface area is 113 Å². The van der Waals surface area contributed by atoms with Gasteiger partial charge in [-0.15, -0.1) is 0 Å². The lowest BCUT2D eigenvalue weighted by Crippen LogP contribution is -2.01. The van der Waals surface area contributed by atoms with Gasteiger partial charge in [-0.2, -0.15) is 0 Å². The smallest absolute Gasteiger partial charge is 0.336 e. The van der Waals surface area contributed by atoms with Crippen LogP contribution < -0.4 is 0 Å². The molecule has 0 aliphatic carbocycles. The van der Waals surface area contributed by atoms with E-state index in [9.17, 15) is 4.79 Å². The molecule has 2 aromatic rings. The highest BCUT2D eigenvalue weighted by molar-refractivity contribution is 9.10. The quantitative estimate of drug-likeness (QED) is 0.941. The van der Waals surface area contributed by atoms with Gasteiger partial charge < -0.3 is 9.67 Å². The maximum Gasteiger partial charge on any atom is 0.336 e. The van der Waals surface area contributed by atoms with Gasteiger partial charge in [0.1, 0.15) is 5.82 Å².